The van der Waals surface area contributed by atoms with Crippen LogP contribution in [0.2, 0.25) is 0 Å². The molecule has 0 saturated heterocycles. The van der Waals surface area contributed by atoms with Crippen LogP contribution < -0.4 is 5.43 Å². The molecular formula is C2H6N2O4. The maximum Gasteiger partial charge on any atom is 0.294 e. The second-order valence-corrected chi connectivity index (χ2v) is 1.39. The fourth-order valence-corrected chi connectivity index (χ4v) is 0.173. The molecule has 0 bridgehead atoms. The molecule has 0 unspecified atom stereocenters. The number of hydrazine groups is 1. The Labute approximate surface area is 44.9 Å². The molecule has 0 saturated carbocycles. The van der Waals surface area contributed by atoms with E-state index in [1.807, 2.05) is 0 Å². The third kappa shape index (κ3) is 5.12. The highest BCUT2D eigenvalue weighted by atomic mass is 16.7. The lowest BCUT2D eigenvalue weighted by Crippen LogP contribution is -2.45. The highest BCUT2D eigenvalue weighted by molar-refractivity contribution is 4.38. The minimum atomic E-state index is -2.43. The molecule has 0 atom stereocenters. The Hall–Kier alpha value is -0.880. The van der Waals surface area contributed by atoms with Gasteiger partial charge in [-0.3, -0.25) is 0 Å². The van der Waals surface area contributed by atoms with Crippen LogP contribution in [-0.2, 0) is 0 Å². The van der Waals surface area contributed by atoms with Gasteiger partial charge in [0.2, 0.25) is 0 Å². The normalized spacial score (nSPS) is 10.9. The van der Waals surface area contributed by atoms with Crippen LogP contribution in [0.15, 0.2) is 0 Å². The second kappa shape index (κ2) is 1.93. The Balaban J connectivity index is 3.55. The van der Waals surface area contributed by atoms with Crippen molar-refractivity contribution in [2.75, 3.05) is 0 Å². The van der Waals surface area contributed by atoms with E-state index in [1.54, 1.807) is 0 Å². The Morgan fingerprint density at radius 1 is 1.75 bits per heavy atom. The van der Waals surface area contributed by atoms with Gasteiger partial charge < -0.3 is 10.2 Å². The van der Waals surface area contributed by atoms with Crippen LogP contribution in [-0.4, -0.2) is 21.2 Å². The lowest BCUT2D eigenvalue weighted by atomic mass is 10.6. The zero-order valence-corrected chi connectivity index (χ0v) is 4.16. The molecule has 0 aromatic rings. The van der Waals surface area contributed by atoms with Gasteiger partial charge in [-0.25, -0.2) is 10.1 Å². The van der Waals surface area contributed by atoms with Crippen molar-refractivity contribution in [1.29, 1.82) is 0 Å². The number of nitro groups is 1. The maximum atomic E-state index is 9.39. The topological polar surface area (TPSA) is 95.6 Å². The molecule has 0 spiro atoms. The Morgan fingerprint density at radius 3 is 2.12 bits per heavy atom. The van der Waals surface area contributed by atoms with Gasteiger partial charge in [-0.2, -0.15) is 0 Å². The van der Waals surface area contributed by atoms with E-state index in [2.05, 4.69) is 0 Å². The van der Waals surface area contributed by atoms with Gasteiger partial charge in [-0.1, -0.05) is 5.43 Å². The first-order chi connectivity index (χ1) is 3.42. The summed E-state index contributed by atoms with van der Waals surface area (Å²) in [5.74, 6) is -2.43. The van der Waals surface area contributed by atoms with Crippen molar-refractivity contribution in [3.63, 3.8) is 0 Å². The smallest absolute Gasteiger partial charge is 0.294 e. The number of aliphatic hydroxyl groups is 2. The van der Waals surface area contributed by atoms with Gasteiger partial charge in [0, 0.05) is 6.92 Å². The standard InChI is InChI=1S/C2H6N2O4/c1-2(5,6)3-4(7)8/h3,5-6H,1H3. The van der Waals surface area contributed by atoms with Crippen molar-refractivity contribution >= 4 is 0 Å². The fraction of sp³-hybridized carbons (Fsp3) is 1.00. The zero-order chi connectivity index (χ0) is 6.78. The molecule has 6 heteroatoms. The Bertz CT molecular complexity index is 94.7. The first kappa shape index (κ1) is 7.12. The molecule has 0 aliphatic heterocycles. The highest BCUT2D eigenvalue weighted by Crippen LogP contribution is 1.86. The molecule has 0 aromatic heterocycles. The van der Waals surface area contributed by atoms with Crippen molar-refractivity contribution in [3.05, 3.63) is 10.1 Å². The van der Waals surface area contributed by atoms with E-state index in [-0.39, 0.29) is 0 Å². The highest BCUT2D eigenvalue weighted by Gasteiger charge is 2.19. The van der Waals surface area contributed by atoms with Crippen molar-refractivity contribution < 1.29 is 15.2 Å². The van der Waals surface area contributed by atoms with Crippen LogP contribution >= 0.6 is 0 Å². The molecule has 0 rings (SSSR count). The van der Waals surface area contributed by atoms with E-state index < -0.39 is 10.9 Å². The molecule has 0 aliphatic rings. The molecule has 3 N–H and O–H groups in total. The minimum absolute atomic E-state index is 0.843. The van der Waals surface area contributed by atoms with Gasteiger partial charge in [-0.15, -0.1) is 0 Å². The number of nitrogens with one attached hydrogen (secondary N) is 1. The molecule has 0 aromatic carbocycles. The quantitative estimate of drug-likeness (QED) is 0.233. The number of hydrogen-bond donors (Lipinski definition) is 3. The molecule has 0 amide bonds. The summed E-state index contributed by atoms with van der Waals surface area (Å²) in [7, 11) is 0. The minimum Gasteiger partial charge on any atom is -0.346 e. The third-order valence-electron chi connectivity index (χ3n) is 0.303. The Morgan fingerprint density at radius 2 is 2.12 bits per heavy atom. The summed E-state index contributed by atoms with van der Waals surface area (Å²) in [4.78, 5) is 9.39. The molecule has 0 radical (unpaired) electrons. The molecule has 0 heterocycles. The largest absolute Gasteiger partial charge is 0.346 e. The lowest BCUT2D eigenvalue weighted by molar-refractivity contribution is -0.588. The second-order valence-electron chi connectivity index (χ2n) is 1.39. The fourth-order valence-electron chi connectivity index (χ4n) is 0.173. The SMILES string of the molecule is CC(O)(O)N[N+](=O)[O-]. The van der Waals surface area contributed by atoms with E-state index >= 15 is 0 Å². The van der Waals surface area contributed by atoms with Crippen molar-refractivity contribution in [2.24, 2.45) is 0 Å². The first-order valence-corrected chi connectivity index (χ1v) is 1.79. The van der Waals surface area contributed by atoms with Crippen LogP contribution in [0.4, 0.5) is 0 Å². The van der Waals surface area contributed by atoms with Gasteiger partial charge in [-0.05, 0) is 0 Å². The number of rotatable bonds is 2. The molecule has 0 aliphatic carbocycles. The van der Waals surface area contributed by atoms with Gasteiger partial charge in [0.25, 0.3) is 5.91 Å². The van der Waals surface area contributed by atoms with E-state index in [9.17, 15) is 10.1 Å². The predicted octanol–water partition coefficient (Wildman–Crippen LogP) is -1.57. The van der Waals surface area contributed by atoms with Gasteiger partial charge in [0.1, 0.15) is 0 Å². The van der Waals surface area contributed by atoms with Gasteiger partial charge in [0.05, 0.1) is 0 Å². The van der Waals surface area contributed by atoms with Crippen LogP contribution in [0.1, 0.15) is 6.92 Å². The summed E-state index contributed by atoms with van der Waals surface area (Å²) < 4.78 is 0. The number of hydrogen-bond acceptors (Lipinski definition) is 4. The molecular weight excluding hydrogens is 116 g/mol. The van der Waals surface area contributed by atoms with Crippen molar-refractivity contribution in [2.45, 2.75) is 12.8 Å². The Kier molecular flexibility index (Phi) is 1.72. The molecule has 48 valence electrons. The lowest BCUT2D eigenvalue weighted by Gasteiger charge is -2.09. The summed E-state index contributed by atoms with van der Waals surface area (Å²) >= 11 is 0. The van der Waals surface area contributed by atoms with E-state index in [4.69, 9.17) is 10.2 Å². The van der Waals surface area contributed by atoms with Crippen molar-refractivity contribution in [1.82, 2.24) is 5.43 Å². The third-order valence-corrected chi connectivity index (χ3v) is 0.303. The van der Waals surface area contributed by atoms with Gasteiger partial charge >= 0.3 is 0 Å². The average molecular weight is 122 g/mol. The van der Waals surface area contributed by atoms with Crippen LogP contribution in [0, 0.1) is 10.1 Å². The average Bonchev–Trinajstić information content (AvgIpc) is 1.21. The summed E-state index contributed by atoms with van der Waals surface area (Å²) in [6.07, 6.45) is 0. The summed E-state index contributed by atoms with van der Waals surface area (Å²) in [6.45, 7) is 0.843. The summed E-state index contributed by atoms with van der Waals surface area (Å²) in [5.41, 5.74) is 1.22. The maximum absolute atomic E-state index is 9.39. The zero-order valence-electron chi connectivity index (χ0n) is 4.16. The molecule has 0 fully saturated rings. The van der Waals surface area contributed by atoms with Gasteiger partial charge in [0.15, 0.2) is 5.03 Å². The number of nitrogens with zero attached hydrogens (tertiary/aromatic N) is 1. The van der Waals surface area contributed by atoms with E-state index in [1.165, 1.54) is 5.43 Å². The van der Waals surface area contributed by atoms with Crippen LogP contribution in [0.25, 0.3) is 0 Å². The monoisotopic (exact) mass is 122 g/mol. The molecule has 8 heavy (non-hydrogen) atoms. The predicted molar refractivity (Wildman–Crippen MR) is 23.0 cm³/mol. The summed E-state index contributed by atoms with van der Waals surface area (Å²) in [6, 6.07) is 0. The molecule has 6 nitrogen and oxygen atoms in total. The first-order valence-electron chi connectivity index (χ1n) is 1.79. The van der Waals surface area contributed by atoms with E-state index in [0.717, 1.165) is 6.92 Å². The van der Waals surface area contributed by atoms with E-state index in [0.29, 0.717) is 0 Å². The van der Waals surface area contributed by atoms with Crippen LogP contribution in [0.5, 0.6) is 0 Å². The van der Waals surface area contributed by atoms with Crippen LogP contribution in [0.3, 0.4) is 0 Å². The van der Waals surface area contributed by atoms with Crippen molar-refractivity contribution in [3.8, 4) is 0 Å². The summed E-state index contributed by atoms with van der Waals surface area (Å²) in [5, 5.41) is 24.7.